The number of carbonyl (C=O) groups is 1. The molecule has 0 saturated heterocycles. The average molecular weight is 161 g/mol. The molecule has 0 aliphatic carbocycles. The van der Waals surface area contributed by atoms with E-state index < -0.39 is 0 Å². The zero-order valence-corrected chi connectivity index (χ0v) is 6.80. The fourth-order valence-corrected chi connectivity index (χ4v) is 0.545. The Morgan fingerprint density at radius 3 is 2.91 bits per heavy atom. The molecule has 0 unspecified atom stereocenters. The van der Waals surface area contributed by atoms with Crippen molar-refractivity contribution in [3.63, 3.8) is 0 Å². The van der Waals surface area contributed by atoms with Crippen molar-refractivity contribution in [1.29, 1.82) is 0 Å². The largest absolute Gasteiger partial charge is 0.394 e. The third-order valence-electron chi connectivity index (χ3n) is 1.04. The lowest BCUT2D eigenvalue weighted by molar-refractivity contribution is -0.125. The van der Waals surface area contributed by atoms with Crippen LogP contribution in [0.1, 0.15) is 13.3 Å². The summed E-state index contributed by atoms with van der Waals surface area (Å²) >= 11 is 0. The minimum absolute atomic E-state index is 0.0406. The maximum Gasteiger partial charge on any atom is 0.245 e. The highest BCUT2D eigenvalue weighted by Gasteiger charge is 1.97. The van der Waals surface area contributed by atoms with E-state index in [1.807, 2.05) is 6.92 Å². The molecule has 0 aromatic carbocycles. The minimum atomic E-state index is -0.125. The fourth-order valence-electron chi connectivity index (χ4n) is 0.545. The summed E-state index contributed by atoms with van der Waals surface area (Å²) in [4.78, 5) is 10.8. The lowest BCUT2D eigenvalue weighted by Gasteiger charge is -2.02. The van der Waals surface area contributed by atoms with E-state index in [4.69, 9.17) is 9.84 Å². The van der Waals surface area contributed by atoms with Crippen LogP contribution >= 0.6 is 0 Å². The highest BCUT2D eigenvalue weighted by Crippen LogP contribution is 1.75. The molecule has 0 rings (SSSR count). The molecule has 4 nitrogen and oxygen atoms in total. The first kappa shape index (κ1) is 10.4. The van der Waals surface area contributed by atoms with Crippen molar-refractivity contribution in [1.82, 2.24) is 5.32 Å². The van der Waals surface area contributed by atoms with E-state index >= 15 is 0 Å². The van der Waals surface area contributed by atoms with Gasteiger partial charge in [-0.2, -0.15) is 0 Å². The van der Waals surface area contributed by atoms with E-state index in [-0.39, 0.29) is 25.7 Å². The monoisotopic (exact) mass is 161 g/mol. The van der Waals surface area contributed by atoms with Gasteiger partial charge in [-0.05, 0) is 6.42 Å². The molecule has 0 heterocycles. The molecule has 2 N–H and O–H groups in total. The summed E-state index contributed by atoms with van der Waals surface area (Å²) in [5.41, 5.74) is 0. The van der Waals surface area contributed by atoms with Gasteiger partial charge in [-0.1, -0.05) is 6.92 Å². The van der Waals surface area contributed by atoms with Crippen LogP contribution in [0.5, 0.6) is 0 Å². The van der Waals surface area contributed by atoms with E-state index in [1.54, 1.807) is 0 Å². The van der Waals surface area contributed by atoms with Gasteiger partial charge in [0, 0.05) is 6.54 Å². The van der Waals surface area contributed by atoms with Crippen molar-refractivity contribution in [2.24, 2.45) is 0 Å². The number of hydrogen-bond donors (Lipinski definition) is 2. The van der Waals surface area contributed by atoms with E-state index in [0.29, 0.717) is 6.54 Å². The first-order chi connectivity index (χ1) is 5.31. The Labute approximate surface area is 66.5 Å². The molecule has 11 heavy (non-hydrogen) atoms. The summed E-state index contributed by atoms with van der Waals surface area (Å²) in [6, 6.07) is 0. The fraction of sp³-hybridized carbons (Fsp3) is 0.857. The molecule has 0 aromatic rings. The summed E-state index contributed by atoms with van der Waals surface area (Å²) in [5.74, 6) is -0.125. The summed E-state index contributed by atoms with van der Waals surface area (Å²) in [7, 11) is 0. The second kappa shape index (κ2) is 7.50. The Kier molecular flexibility index (Phi) is 7.08. The number of aliphatic hydroxyl groups excluding tert-OH is 1. The predicted molar refractivity (Wildman–Crippen MR) is 41.2 cm³/mol. The molecular weight excluding hydrogens is 146 g/mol. The number of nitrogens with one attached hydrogen (secondary N) is 1. The second-order valence-electron chi connectivity index (χ2n) is 2.13. The molecule has 66 valence electrons. The Hall–Kier alpha value is -0.610. The first-order valence-electron chi connectivity index (χ1n) is 3.76. The van der Waals surface area contributed by atoms with Crippen molar-refractivity contribution in [3.05, 3.63) is 0 Å². The second-order valence-corrected chi connectivity index (χ2v) is 2.13. The number of rotatable bonds is 6. The molecular formula is C7H15NO3. The van der Waals surface area contributed by atoms with Crippen LogP contribution in [0, 0.1) is 0 Å². The zero-order chi connectivity index (χ0) is 8.53. The predicted octanol–water partition coefficient (Wildman–Crippen LogP) is -0.479. The summed E-state index contributed by atoms with van der Waals surface area (Å²) in [5, 5.41) is 10.9. The molecule has 1 amide bonds. The molecule has 0 radical (unpaired) electrons. The van der Waals surface area contributed by atoms with Crippen LogP contribution in [0.2, 0.25) is 0 Å². The van der Waals surface area contributed by atoms with E-state index in [0.717, 1.165) is 6.42 Å². The molecule has 0 bridgehead atoms. The lowest BCUT2D eigenvalue weighted by atomic mass is 10.5. The Morgan fingerprint density at radius 1 is 1.64 bits per heavy atom. The Bertz CT molecular complexity index is 106. The highest BCUT2D eigenvalue weighted by atomic mass is 16.5. The highest BCUT2D eigenvalue weighted by molar-refractivity contribution is 5.77. The van der Waals surface area contributed by atoms with Crippen molar-refractivity contribution in [3.8, 4) is 0 Å². The molecule has 4 heteroatoms. The lowest BCUT2D eigenvalue weighted by Crippen LogP contribution is -2.28. The summed E-state index contributed by atoms with van der Waals surface area (Å²) < 4.78 is 4.78. The molecule has 0 saturated carbocycles. The number of amides is 1. The van der Waals surface area contributed by atoms with Gasteiger partial charge in [0.25, 0.3) is 0 Å². The number of carbonyl (C=O) groups excluding carboxylic acids is 1. The number of aliphatic hydroxyl groups is 1. The van der Waals surface area contributed by atoms with Gasteiger partial charge >= 0.3 is 0 Å². The van der Waals surface area contributed by atoms with Crippen molar-refractivity contribution < 1.29 is 14.6 Å². The number of ether oxygens (including phenoxy) is 1. The first-order valence-corrected chi connectivity index (χ1v) is 3.76. The van der Waals surface area contributed by atoms with Crippen molar-refractivity contribution in [2.45, 2.75) is 13.3 Å². The minimum Gasteiger partial charge on any atom is -0.394 e. The number of hydrogen-bond acceptors (Lipinski definition) is 3. The Balaban J connectivity index is 3.09. The van der Waals surface area contributed by atoms with E-state index in [2.05, 4.69) is 5.32 Å². The maximum atomic E-state index is 10.8. The molecule has 0 aromatic heterocycles. The van der Waals surface area contributed by atoms with Crippen molar-refractivity contribution >= 4 is 5.91 Å². The van der Waals surface area contributed by atoms with Crippen LogP contribution in [-0.4, -0.2) is 37.4 Å². The third kappa shape index (κ3) is 7.29. The smallest absolute Gasteiger partial charge is 0.245 e. The zero-order valence-electron chi connectivity index (χ0n) is 6.80. The van der Waals surface area contributed by atoms with E-state index in [9.17, 15) is 4.79 Å². The summed E-state index contributed by atoms with van der Waals surface area (Å²) in [6.45, 7) is 2.89. The molecule has 0 aliphatic heterocycles. The van der Waals surface area contributed by atoms with Gasteiger partial charge in [0.05, 0.1) is 13.2 Å². The van der Waals surface area contributed by atoms with Gasteiger partial charge in [-0.15, -0.1) is 0 Å². The topological polar surface area (TPSA) is 58.6 Å². The van der Waals surface area contributed by atoms with Crippen LogP contribution in [0.4, 0.5) is 0 Å². The molecule has 0 aliphatic rings. The maximum absolute atomic E-state index is 10.8. The van der Waals surface area contributed by atoms with Crippen LogP contribution in [0.25, 0.3) is 0 Å². The van der Waals surface area contributed by atoms with Gasteiger partial charge in [0.2, 0.25) is 5.91 Å². The average Bonchev–Trinajstić information content (AvgIpc) is 2.01. The van der Waals surface area contributed by atoms with Gasteiger partial charge in [0.15, 0.2) is 0 Å². The van der Waals surface area contributed by atoms with Crippen LogP contribution in [0.15, 0.2) is 0 Å². The normalized spacial score (nSPS) is 9.64. The van der Waals surface area contributed by atoms with Crippen LogP contribution < -0.4 is 5.32 Å². The molecule has 0 fully saturated rings. The quantitative estimate of drug-likeness (QED) is 0.517. The van der Waals surface area contributed by atoms with Gasteiger partial charge < -0.3 is 15.2 Å². The Morgan fingerprint density at radius 2 is 2.36 bits per heavy atom. The van der Waals surface area contributed by atoms with Gasteiger partial charge in [0.1, 0.15) is 6.61 Å². The van der Waals surface area contributed by atoms with Crippen molar-refractivity contribution in [2.75, 3.05) is 26.4 Å². The SMILES string of the molecule is CCCNC(=O)COCCO. The molecule has 0 spiro atoms. The standard InChI is InChI=1S/C7H15NO3/c1-2-3-8-7(10)6-11-5-4-9/h9H,2-6H2,1H3,(H,8,10). The summed E-state index contributed by atoms with van der Waals surface area (Å²) in [6.07, 6.45) is 0.922. The van der Waals surface area contributed by atoms with Gasteiger partial charge in [-0.25, -0.2) is 0 Å². The third-order valence-corrected chi connectivity index (χ3v) is 1.04. The van der Waals surface area contributed by atoms with E-state index in [1.165, 1.54) is 0 Å². The van der Waals surface area contributed by atoms with Gasteiger partial charge in [-0.3, -0.25) is 4.79 Å². The molecule has 0 atom stereocenters. The van der Waals surface area contributed by atoms with Crippen LogP contribution in [-0.2, 0) is 9.53 Å². The van der Waals surface area contributed by atoms with Crippen LogP contribution in [0.3, 0.4) is 0 Å².